The summed E-state index contributed by atoms with van der Waals surface area (Å²) < 4.78 is 0. The molecule has 2 aromatic carbocycles. The molecule has 3 aromatic rings. The smallest absolute Gasteiger partial charge is 0.255 e. The number of pyridine rings is 1. The van der Waals surface area contributed by atoms with Gasteiger partial charge in [0.2, 0.25) is 0 Å². The van der Waals surface area contributed by atoms with Crippen molar-refractivity contribution in [1.29, 1.82) is 0 Å². The molecule has 0 fully saturated rings. The summed E-state index contributed by atoms with van der Waals surface area (Å²) in [7, 11) is 1.80. The molecule has 0 saturated heterocycles. The van der Waals surface area contributed by atoms with Crippen LogP contribution in [-0.2, 0) is 6.54 Å². The summed E-state index contributed by atoms with van der Waals surface area (Å²) in [5, 5.41) is 3.29. The van der Waals surface area contributed by atoms with Crippen LogP contribution >= 0.6 is 0 Å². The third-order valence-corrected chi connectivity index (χ3v) is 4.89. The van der Waals surface area contributed by atoms with Crippen LogP contribution in [0.2, 0.25) is 0 Å². The molecule has 1 heterocycles. The summed E-state index contributed by atoms with van der Waals surface area (Å²) in [6.45, 7) is 6.84. The first-order valence-electron chi connectivity index (χ1n) is 9.98. The largest absolute Gasteiger partial charge is 0.372 e. The third-order valence-electron chi connectivity index (χ3n) is 4.89. The zero-order chi connectivity index (χ0) is 20.6. The molecule has 0 bridgehead atoms. The lowest BCUT2D eigenvalue weighted by atomic mass is 10.2. The Balaban J connectivity index is 1.61. The molecule has 0 atom stereocenters. The average molecular weight is 389 g/mol. The van der Waals surface area contributed by atoms with E-state index < -0.39 is 0 Å². The molecular formula is C24H28N4O. The highest BCUT2D eigenvalue weighted by atomic mass is 16.2. The van der Waals surface area contributed by atoms with Gasteiger partial charge in [0.05, 0.1) is 5.56 Å². The second-order valence-electron chi connectivity index (χ2n) is 6.92. The summed E-state index contributed by atoms with van der Waals surface area (Å²) in [6, 6.07) is 21.9. The van der Waals surface area contributed by atoms with Crippen LogP contribution in [0.25, 0.3) is 0 Å². The van der Waals surface area contributed by atoms with Gasteiger partial charge in [-0.2, -0.15) is 0 Å². The first-order chi connectivity index (χ1) is 14.1. The van der Waals surface area contributed by atoms with Crippen molar-refractivity contribution in [1.82, 2.24) is 9.88 Å². The second kappa shape index (κ2) is 9.73. The van der Waals surface area contributed by atoms with Gasteiger partial charge in [0.1, 0.15) is 5.82 Å². The third kappa shape index (κ3) is 5.35. The van der Waals surface area contributed by atoms with E-state index in [0.29, 0.717) is 17.9 Å². The Labute approximate surface area is 173 Å². The maximum Gasteiger partial charge on any atom is 0.255 e. The minimum absolute atomic E-state index is 0.0449. The van der Waals surface area contributed by atoms with Crippen LogP contribution < -0.4 is 10.2 Å². The van der Waals surface area contributed by atoms with E-state index in [0.717, 1.165) is 24.3 Å². The Bertz CT molecular complexity index is 904. The summed E-state index contributed by atoms with van der Waals surface area (Å²) in [5.74, 6) is 0.666. The zero-order valence-corrected chi connectivity index (χ0v) is 17.3. The van der Waals surface area contributed by atoms with E-state index in [1.54, 1.807) is 18.1 Å². The summed E-state index contributed by atoms with van der Waals surface area (Å²) in [5.41, 5.74) is 3.85. The fourth-order valence-electron chi connectivity index (χ4n) is 3.24. The van der Waals surface area contributed by atoms with Gasteiger partial charge >= 0.3 is 0 Å². The number of anilines is 3. The van der Waals surface area contributed by atoms with Crippen LogP contribution in [0.15, 0.2) is 72.9 Å². The molecule has 5 nitrogen and oxygen atoms in total. The van der Waals surface area contributed by atoms with E-state index in [1.165, 1.54) is 5.69 Å². The first-order valence-corrected chi connectivity index (χ1v) is 9.98. The fraction of sp³-hybridized carbons (Fsp3) is 0.250. The van der Waals surface area contributed by atoms with Crippen LogP contribution in [0.4, 0.5) is 17.2 Å². The van der Waals surface area contributed by atoms with Crippen molar-refractivity contribution in [2.45, 2.75) is 20.4 Å². The van der Waals surface area contributed by atoms with E-state index in [-0.39, 0.29) is 5.91 Å². The molecule has 0 spiro atoms. The summed E-state index contributed by atoms with van der Waals surface area (Å²) in [6.07, 6.45) is 1.62. The minimum Gasteiger partial charge on any atom is -0.372 e. The standard InChI is InChI=1S/C24H28N4O/c1-4-28(5-2)22-14-12-21(13-15-22)26-23-16-11-20(17-25-23)24(29)27(3)18-19-9-7-6-8-10-19/h6-17H,4-5,18H2,1-3H3,(H,25,26). The van der Waals surface area contributed by atoms with Gasteiger partial charge in [0.15, 0.2) is 0 Å². The maximum atomic E-state index is 12.6. The predicted molar refractivity (Wildman–Crippen MR) is 120 cm³/mol. The van der Waals surface area contributed by atoms with Crippen LogP contribution in [0.3, 0.4) is 0 Å². The van der Waals surface area contributed by atoms with E-state index in [1.807, 2.05) is 54.6 Å². The van der Waals surface area contributed by atoms with Gasteiger partial charge in [0, 0.05) is 44.3 Å². The van der Waals surface area contributed by atoms with Crippen LogP contribution in [0.5, 0.6) is 0 Å². The summed E-state index contributed by atoms with van der Waals surface area (Å²) in [4.78, 5) is 21.0. The molecule has 150 valence electrons. The number of hydrogen-bond donors (Lipinski definition) is 1. The zero-order valence-electron chi connectivity index (χ0n) is 17.3. The van der Waals surface area contributed by atoms with Crippen LogP contribution in [-0.4, -0.2) is 35.9 Å². The molecule has 0 radical (unpaired) electrons. The molecule has 1 N–H and O–H groups in total. The number of aromatic nitrogens is 1. The highest BCUT2D eigenvalue weighted by Crippen LogP contribution is 2.20. The van der Waals surface area contributed by atoms with Crippen molar-refractivity contribution in [2.24, 2.45) is 0 Å². The number of nitrogens with one attached hydrogen (secondary N) is 1. The molecule has 1 amide bonds. The lowest BCUT2D eigenvalue weighted by molar-refractivity contribution is 0.0784. The van der Waals surface area contributed by atoms with Gasteiger partial charge < -0.3 is 15.1 Å². The Kier molecular flexibility index (Phi) is 6.85. The highest BCUT2D eigenvalue weighted by Gasteiger charge is 2.12. The topological polar surface area (TPSA) is 48.5 Å². The number of carbonyl (C=O) groups is 1. The molecule has 1 aromatic heterocycles. The molecule has 3 rings (SSSR count). The molecule has 5 heteroatoms. The number of nitrogens with zero attached hydrogens (tertiary/aromatic N) is 3. The number of carbonyl (C=O) groups excluding carboxylic acids is 1. The maximum absolute atomic E-state index is 12.6. The average Bonchev–Trinajstić information content (AvgIpc) is 2.76. The monoisotopic (exact) mass is 388 g/mol. The van der Waals surface area contributed by atoms with Gasteiger partial charge in [0.25, 0.3) is 5.91 Å². The van der Waals surface area contributed by atoms with Gasteiger partial charge in [-0.1, -0.05) is 30.3 Å². The Morgan fingerprint density at radius 1 is 0.931 bits per heavy atom. The SMILES string of the molecule is CCN(CC)c1ccc(Nc2ccc(C(=O)N(C)Cc3ccccc3)cn2)cc1. The van der Waals surface area contributed by atoms with Gasteiger partial charge in [-0.15, -0.1) is 0 Å². The normalized spacial score (nSPS) is 10.4. The van der Waals surface area contributed by atoms with E-state index >= 15 is 0 Å². The number of rotatable bonds is 8. The molecule has 0 saturated carbocycles. The van der Waals surface area contributed by atoms with Gasteiger partial charge in [-0.3, -0.25) is 4.79 Å². The summed E-state index contributed by atoms with van der Waals surface area (Å²) >= 11 is 0. The van der Waals surface area contributed by atoms with Crippen molar-refractivity contribution in [2.75, 3.05) is 30.4 Å². The Morgan fingerprint density at radius 3 is 2.21 bits per heavy atom. The molecular weight excluding hydrogens is 360 g/mol. The van der Waals surface area contributed by atoms with Crippen molar-refractivity contribution in [3.8, 4) is 0 Å². The van der Waals surface area contributed by atoms with Crippen LogP contribution in [0, 0.1) is 0 Å². The molecule has 29 heavy (non-hydrogen) atoms. The Morgan fingerprint density at radius 2 is 1.62 bits per heavy atom. The van der Waals surface area contributed by atoms with Gasteiger partial charge in [-0.05, 0) is 55.8 Å². The van der Waals surface area contributed by atoms with Gasteiger partial charge in [-0.25, -0.2) is 4.98 Å². The van der Waals surface area contributed by atoms with Crippen molar-refractivity contribution in [3.05, 3.63) is 84.1 Å². The first kappa shape index (κ1) is 20.4. The minimum atomic E-state index is -0.0449. The lowest BCUT2D eigenvalue weighted by Crippen LogP contribution is -2.26. The van der Waals surface area contributed by atoms with E-state index in [4.69, 9.17) is 0 Å². The fourth-order valence-corrected chi connectivity index (χ4v) is 3.24. The molecule has 0 aliphatic heterocycles. The number of hydrogen-bond acceptors (Lipinski definition) is 4. The van der Waals surface area contributed by atoms with Crippen molar-refractivity contribution < 1.29 is 4.79 Å². The second-order valence-corrected chi connectivity index (χ2v) is 6.92. The quantitative estimate of drug-likeness (QED) is 0.594. The van der Waals surface area contributed by atoms with Crippen molar-refractivity contribution >= 4 is 23.1 Å². The molecule has 0 aliphatic carbocycles. The Hall–Kier alpha value is -3.34. The lowest BCUT2D eigenvalue weighted by Gasteiger charge is -2.21. The highest BCUT2D eigenvalue weighted by molar-refractivity contribution is 5.94. The number of amides is 1. The molecule has 0 unspecified atom stereocenters. The van der Waals surface area contributed by atoms with Crippen molar-refractivity contribution in [3.63, 3.8) is 0 Å². The van der Waals surface area contributed by atoms with E-state index in [2.05, 4.69) is 41.2 Å². The predicted octanol–water partition coefficient (Wildman–Crippen LogP) is 4.94. The van der Waals surface area contributed by atoms with Crippen LogP contribution in [0.1, 0.15) is 29.8 Å². The molecule has 0 aliphatic rings. The van der Waals surface area contributed by atoms with E-state index in [9.17, 15) is 4.79 Å². The number of benzene rings is 2.